The van der Waals surface area contributed by atoms with Gasteiger partial charge >= 0.3 is 0 Å². The number of para-hydroxylation sites is 1. The Hall–Kier alpha value is -2.80. The number of nitrogens with one attached hydrogen (secondary N) is 1. The Morgan fingerprint density at radius 3 is 2.73 bits per heavy atom. The van der Waals surface area contributed by atoms with Crippen LogP contribution in [0.15, 0.2) is 42.5 Å². The van der Waals surface area contributed by atoms with Gasteiger partial charge in [-0.25, -0.2) is 0 Å². The molecule has 2 rings (SSSR count). The molecule has 2 aromatic carbocycles. The molecule has 0 aliphatic carbocycles. The van der Waals surface area contributed by atoms with Crippen molar-refractivity contribution in [3.05, 3.63) is 59.2 Å². The molecular formula is C18H18N2O2. The monoisotopic (exact) mass is 294 g/mol. The molecular weight excluding hydrogens is 276 g/mol. The molecule has 112 valence electrons. The number of nitriles is 1. The standard InChI is InChI=1S/C18H18N2O2/c1-3-22-18-7-5-4-6-15(18)12-20-17-10-14(11-19)8-9-16(17)13(2)21/h4-10,20H,3,12H2,1-2H3. The van der Waals surface area contributed by atoms with Gasteiger partial charge in [-0.15, -0.1) is 0 Å². The third-order valence-electron chi connectivity index (χ3n) is 3.27. The molecule has 0 aliphatic heterocycles. The van der Waals surface area contributed by atoms with Crippen LogP contribution in [0.25, 0.3) is 0 Å². The summed E-state index contributed by atoms with van der Waals surface area (Å²) in [6, 6.07) is 14.9. The van der Waals surface area contributed by atoms with Gasteiger partial charge in [0, 0.05) is 23.4 Å². The summed E-state index contributed by atoms with van der Waals surface area (Å²) >= 11 is 0. The van der Waals surface area contributed by atoms with Crippen molar-refractivity contribution in [3.63, 3.8) is 0 Å². The van der Waals surface area contributed by atoms with Crippen LogP contribution in [0.2, 0.25) is 0 Å². The van der Waals surface area contributed by atoms with E-state index in [1.807, 2.05) is 31.2 Å². The third-order valence-corrected chi connectivity index (χ3v) is 3.27. The molecule has 0 unspecified atom stereocenters. The van der Waals surface area contributed by atoms with Gasteiger partial charge in [0.05, 0.1) is 18.2 Å². The summed E-state index contributed by atoms with van der Waals surface area (Å²) in [6.45, 7) is 4.57. The van der Waals surface area contributed by atoms with Gasteiger partial charge in [0.15, 0.2) is 5.78 Å². The lowest BCUT2D eigenvalue weighted by molar-refractivity contribution is 0.101. The van der Waals surface area contributed by atoms with Crippen LogP contribution >= 0.6 is 0 Å². The molecule has 2 aromatic rings. The molecule has 4 nitrogen and oxygen atoms in total. The number of benzene rings is 2. The second-order valence-electron chi connectivity index (χ2n) is 4.82. The van der Waals surface area contributed by atoms with Crippen molar-refractivity contribution >= 4 is 11.5 Å². The number of rotatable bonds is 6. The van der Waals surface area contributed by atoms with Crippen molar-refractivity contribution in [1.82, 2.24) is 0 Å². The quantitative estimate of drug-likeness (QED) is 0.824. The smallest absolute Gasteiger partial charge is 0.161 e. The first-order valence-electron chi connectivity index (χ1n) is 7.15. The largest absolute Gasteiger partial charge is 0.494 e. The lowest BCUT2D eigenvalue weighted by Crippen LogP contribution is -2.07. The maximum atomic E-state index is 11.7. The summed E-state index contributed by atoms with van der Waals surface area (Å²) in [5.74, 6) is 0.781. The fourth-order valence-corrected chi connectivity index (χ4v) is 2.20. The van der Waals surface area contributed by atoms with Crippen molar-refractivity contribution < 1.29 is 9.53 Å². The number of carbonyl (C=O) groups is 1. The van der Waals surface area contributed by atoms with Crippen LogP contribution in [0.3, 0.4) is 0 Å². The second kappa shape index (κ2) is 7.28. The van der Waals surface area contributed by atoms with E-state index in [1.165, 1.54) is 6.92 Å². The number of hydrogen-bond acceptors (Lipinski definition) is 4. The average Bonchev–Trinajstić information content (AvgIpc) is 2.54. The van der Waals surface area contributed by atoms with Crippen LogP contribution in [0, 0.1) is 11.3 Å². The topological polar surface area (TPSA) is 62.1 Å². The SMILES string of the molecule is CCOc1ccccc1CNc1cc(C#N)ccc1C(C)=O. The van der Waals surface area contributed by atoms with Crippen LogP contribution in [0.4, 0.5) is 5.69 Å². The van der Waals surface area contributed by atoms with Gasteiger partial charge in [-0.3, -0.25) is 4.79 Å². The minimum absolute atomic E-state index is 0.0370. The van der Waals surface area contributed by atoms with Crippen LogP contribution in [-0.2, 0) is 6.54 Å². The number of carbonyl (C=O) groups excluding carboxylic acids is 1. The average molecular weight is 294 g/mol. The Kier molecular flexibility index (Phi) is 5.16. The van der Waals surface area contributed by atoms with E-state index in [4.69, 9.17) is 10.00 Å². The molecule has 0 atom stereocenters. The van der Waals surface area contributed by atoms with Gasteiger partial charge in [-0.05, 0) is 38.1 Å². The Bertz CT molecular complexity index is 717. The number of ketones is 1. The van der Waals surface area contributed by atoms with E-state index in [0.29, 0.717) is 30.0 Å². The molecule has 0 aliphatic rings. The van der Waals surface area contributed by atoms with Crippen LogP contribution in [0.5, 0.6) is 5.75 Å². The molecule has 1 N–H and O–H groups in total. The highest BCUT2D eigenvalue weighted by Gasteiger charge is 2.09. The zero-order chi connectivity index (χ0) is 15.9. The van der Waals surface area contributed by atoms with E-state index in [-0.39, 0.29) is 5.78 Å². The highest BCUT2D eigenvalue weighted by Crippen LogP contribution is 2.22. The molecule has 0 saturated heterocycles. The summed E-state index contributed by atoms with van der Waals surface area (Å²) in [6.07, 6.45) is 0. The van der Waals surface area contributed by atoms with Crippen molar-refractivity contribution in [3.8, 4) is 11.8 Å². The van der Waals surface area contributed by atoms with Gasteiger partial charge in [-0.1, -0.05) is 18.2 Å². The zero-order valence-electron chi connectivity index (χ0n) is 12.7. The van der Waals surface area contributed by atoms with Crippen molar-refractivity contribution in [2.45, 2.75) is 20.4 Å². The lowest BCUT2D eigenvalue weighted by Gasteiger charge is -2.13. The van der Waals surface area contributed by atoms with E-state index in [2.05, 4.69) is 11.4 Å². The van der Waals surface area contributed by atoms with E-state index in [9.17, 15) is 4.79 Å². The molecule has 0 spiro atoms. The summed E-state index contributed by atoms with van der Waals surface area (Å²) in [7, 11) is 0. The Labute approximate surface area is 130 Å². The first-order chi connectivity index (χ1) is 10.7. The lowest BCUT2D eigenvalue weighted by atomic mass is 10.1. The van der Waals surface area contributed by atoms with Gasteiger partial charge < -0.3 is 10.1 Å². The highest BCUT2D eigenvalue weighted by molar-refractivity contribution is 5.99. The first kappa shape index (κ1) is 15.6. The van der Waals surface area contributed by atoms with Gasteiger partial charge in [0.2, 0.25) is 0 Å². The summed E-state index contributed by atoms with van der Waals surface area (Å²) in [4.78, 5) is 11.7. The van der Waals surface area contributed by atoms with Crippen LogP contribution < -0.4 is 10.1 Å². The van der Waals surface area contributed by atoms with Gasteiger partial charge in [0.1, 0.15) is 5.75 Å². The minimum atomic E-state index is -0.0370. The van der Waals surface area contributed by atoms with E-state index < -0.39 is 0 Å². The molecule has 0 aromatic heterocycles. The van der Waals surface area contributed by atoms with Gasteiger partial charge in [-0.2, -0.15) is 5.26 Å². The molecule has 0 fully saturated rings. The maximum absolute atomic E-state index is 11.7. The van der Waals surface area contributed by atoms with Crippen LogP contribution in [-0.4, -0.2) is 12.4 Å². The molecule has 4 heteroatoms. The summed E-state index contributed by atoms with van der Waals surface area (Å²) < 4.78 is 5.59. The Morgan fingerprint density at radius 2 is 2.05 bits per heavy atom. The minimum Gasteiger partial charge on any atom is -0.494 e. The predicted octanol–water partition coefficient (Wildman–Crippen LogP) is 3.77. The highest BCUT2D eigenvalue weighted by atomic mass is 16.5. The van der Waals surface area contributed by atoms with E-state index >= 15 is 0 Å². The van der Waals surface area contributed by atoms with Crippen LogP contribution in [0.1, 0.15) is 35.3 Å². The summed E-state index contributed by atoms with van der Waals surface area (Å²) in [5.41, 5.74) is 2.76. The number of Topliss-reactive ketones (excluding diaryl/α,β-unsaturated/α-hetero) is 1. The molecule has 0 radical (unpaired) electrons. The predicted molar refractivity (Wildman–Crippen MR) is 86.1 cm³/mol. The zero-order valence-corrected chi connectivity index (χ0v) is 12.7. The van der Waals surface area contributed by atoms with E-state index in [1.54, 1.807) is 18.2 Å². The van der Waals surface area contributed by atoms with Crippen molar-refractivity contribution in [1.29, 1.82) is 5.26 Å². The Balaban J connectivity index is 2.25. The summed E-state index contributed by atoms with van der Waals surface area (Å²) in [5, 5.41) is 12.2. The molecule has 0 bridgehead atoms. The number of ether oxygens (including phenoxy) is 1. The van der Waals surface area contributed by atoms with Gasteiger partial charge in [0.25, 0.3) is 0 Å². The second-order valence-corrected chi connectivity index (χ2v) is 4.82. The molecule has 22 heavy (non-hydrogen) atoms. The van der Waals surface area contributed by atoms with E-state index in [0.717, 1.165) is 11.3 Å². The fourth-order valence-electron chi connectivity index (χ4n) is 2.20. The molecule has 0 heterocycles. The maximum Gasteiger partial charge on any atom is 0.161 e. The first-order valence-corrected chi connectivity index (χ1v) is 7.15. The fraction of sp³-hybridized carbons (Fsp3) is 0.222. The third kappa shape index (κ3) is 3.64. The molecule has 0 amide bonds. The Morgan fingerprint density at radius 1 is 1.27 bits per heavy atom. The van der Waals surface area contributed by atoms with Crippen molar-refractivity contribution in [2.75, 3.05) is 11.9 Å². The number of nitrogens with zero attached hydrogens (tertiary/aromatic N) is 1. The number of hydrogen-bond donors (Lipinski definition) is 1. The van der Waals surface area contributed by atoms with Crippen molar-refractivity contribution in [2.24, 2.45) is 0 Å². The number of anilines is 1. The molecule has 0 saturated carbocycles. The normalized spacial score (nSPS) is 9.86.